The Bertz CT molecular complexity index is 790. The Hall–Kier alpha value is -1.87. The number of pyridine rings is 1. The first kappa shape index (κ1) is 23.8. The van der Waals surface area contributed by atoms with Crippen LogP contribution in [0.5, 0.6) is 5.75 Å². The molecule has 0 spiro atoms. The van der Waals surface area contributed by atoms with Crippen molar-refractivity contribution in [3.05, 3.63) is 60.4 Å². The molecule has 0 aliphatic carbocycles. The second-order valence-electron chi connectivity index (χ2n) is 8.15. The van der Waals surface area contributed by atoms with Crippen molar-refractivity contribution in [2.24, 2.45) is 4.99 Å². The van der Waals surface area contributed by atoms with Gasteiger partial charge in [-0.15, -0.1) is 24.0 Å². The van der Waals surface area contributed by atoms with Crippen LogP contribution in [0, 0.1) is 0 Å². The van der Waals surface area contributed by atoms with Crippen molar-refractivity contribution < 1.29 is 4.74 Å². The van der Waals surface area contributed by atoms with E-state index in [1.165, 1.54) is 31.2 Å². The van der Waals surface area contributed by atoms with Crippen LogP contribution in [0.3, 0.4) is 0 Å². The fourth-order valence-corrected chi connectivity index (χ4v) is 4.71. The molecule has 2 fully saturated rings. The van der Waals surface area contributed by atoms with E-state index < -0.39 is 0 Å². The Morgan fingerprint density at radius 2 is 1.90 bits per heavy atom. The highest BCUT2D eigenvalue weighted by Crippen LogP contribution is 2.36. The van der Waals surface area contributed by atoms with Gasteiger partial charge in [-0.2, -0.15) is 0 Å². The summed E-state index contributed by atoms with van der Waals surface area (Å²) in [4.78, 5) is 11.5. The van der Waals surface area contributed by atoms with Crippen LogP contribution in [0.4, 0.5) is 0 Å². The molecule has 3 heterocycles. The third-order valence-electron chi connectivity index (χ3n) is 6.04. The molecule has 0 amide bonds. The molecule has 2 N–H and O–H groups in total. The summed E-state index contributed by atoms with van der Waals surface area (Å²) in [6.45, 7) is 5.19. The van der Waals surface area contributed by atoms with E-state index in [1.807, 2.05) is 12.1 Å². The van der Waals surface area contributed by atoms with Gasteiger partial charge < -0.3 is 15.4 Å². The van der Waals surface area contributed by atoms with Crippen LogP contribution in [0.25, 0.3) is 0 Å². The fourth-order valence-electron chi connectivity index (χ4n) is 4.71. The predicted molar refractivity (Wildman–Crippen MR) is 136 cm³/mol. The molecule has 0 radical (unpaired) electrons. The van der Waals surface area contributed by atoms with Gasteiger partial charge in [-0.25, -0.2) is 4.99 Å². The molecule has 0 saturated carbocycles. The standard InChI is InChI=1S/C24H33N5O.HI/c1-2-26-24(27-13-14-30-23-9-6-12-25-17-23)28-20-15-21-10-11-22(16-20)29(21)18-19-7-4-3-5-8-19;/h3-9,12,17,20-22H,2,10-11,13-16,18H2,1H3,(H2,26,27,28);1H. The number of aliphatic imine (C=N–C) groups is 1. The van der Waals surface area contributed by atoms with Crippen molar-refractivity contribution in [2.45, 2.75) is 57.3 Å². The lowest BCUT2D eigenvalue weighted by molar-refractivity contribution is 0.114. The quantitative estimate of drug-likeness (QED) is 0.233. The normalized spacial score (nSPS) is 23.1. The Balaban J connectivity index is 0.00000272. The van der Waals surface area contributed by atoms with Crippen molar-refractivity contribution in [2.75, 3.05) is 19.7 Å². The van der Waals surface area contributed by atoms with Gasteiger partial charge >= 0.3 is 0 Å². The molecule has 2 aromatic rings. The van der Waals surface area contributed by atoms with Gasteiger partial charge in [0.2, 0.25) is 0 Å². The summed E-state index contributed by atoms with van der Waals surface area (Å²) >= 11 is 0. The molecule has 4 rings (SSSR count). The number of hydrogen-bond acceptors (Lipinski definition) is 4. The number of rotatable bonds is 8. The number of nitrogens with zero attached hydrogens (tertiary/aromatic N) is 3. The lowest BCUT2D eigenvalue weighted by Crippen LogP contribution is -2.52. The van der Waals surface area contributed by atoms with Crippen LogP contribution in [0.2, 0.25) is 0 Å². The molecule has 7 heteroatoms. The van der Waals surface area contributed by atoms with E-state index in [2.05, 4.69) is 57.8 Å². The average molecular weight is 535 g/mol. The van der Waals surface area contributed by atoms with Gasteiger partial charge in [0.15, 0.2) is 5.96 Å². The number of nitrogens with one attached hydrogen (secondary N) is 2. The Morgan fingerprint density at radius 1 is 1.13 bits per heavy atom. The van der Waals surface area contributed by atoms with E-state index in [1.54, 1.807) is 12.4 Å². The fraction of sp³-hybridized carbons (Fsp3) is 0.500. The van der Waals surface area contributed by atoms with Crippen LogP contribution in [-0.4, -0.2) is 53.7 Å². The molecule has 2 bridgehead atoms. The smallest absolute Gasteiger partial charge is 0.191 e. The van der Waals surface area contributed by atoms with Crippen molar-refractivity contribution in [1.29, 1.82) is 0 Å². The highest BCUT2D eigenvalue weighted by molar-refractivity contribution is 14.0. The van der Waals surface area contributed by atoms with Gasteiger partial charge in [0.25, 0.3) is 0 Å². The van der Waals surface area contributed by atoms with E-state index in [-0.39, 0.29) is 24.0 Å². The molecule has 2 atom stereocenters. The van der Waals surface area contributed by atoms with Crippen molar-refractivity contribution in [1.82, 2.24) is 20.5 Å². The van der Waals surface area contributed by atoms with Crippen molar-refractivity contribution >= 4 is 29.9 Å². The maximum absolute atomic E-state index is 5.71. The first-order chi connectivity index (χ1) is 14.8. The first-order valence-electron chi connectivity index (χ1n) is 11.2. The van der Waals surface area contributed by atoms with Gasteiger partial charge in [0.1, 0.15) is 12.4 Å². The second-order valence-corrected chi connectivity index (χ2v) is 8.15. The third-order valence-corrected chi connectivity index (χ3v) is 6.04. The first-order valence-corrected chi connectivity index (χ1v) is 11.2. The molecule has 2 saturated heterocycles. The number of halogens is 1. The van der Waals surface area contributed by atoms with Gasteiger partial charge in [-0.3, -0.25) is 9.88 Å². The molecule has 1 aromatic carbocycles. The highest BCUT2D eigenvalue weighted by Gasteiger charge is 2.40. The summed E-state index contributed by atoms with van der Waals surface area (Å²) in [5.41, 5.74) is 1.42. The van der Waals surface area contributed by atoms with E-state index >= 15 is 0 Å². The Morgan fingerprint density at radius 3 is 2.58 bits per heavy atom. The van der Waals surface area contributed by atoms with E-state index in [0.29, 0.717) is 31.3 Å². The Labute approximate surface area is 202 Å². The van der Waals surface area contributed by atoms with Gasteiger partial charge in [0, 0.05) is 37.4 Å². The maximum Gasteiger partial charge on any atom is 0.191 e. The molecular formula is C24H34IN5O. The SMILES string of the molecule is CCNC(=NCCOc1cccnc1)NC1CC2CCC(C1)N2Cc1ccccc1.I. The minimum atomic E-state index is 0. The molecule has 2 aliphatic rings. The van der Waals surface area contributed by atoms with Crippen LogP contribution >= 0.6 is 24.0 Å². The minimum Gasteiger partial charge on any atom is -0.490 e. The van der Waals surface area contributed by atoms with Crippen LogP contribution in [0.1, 0.15) is 38.2 Å². The highest BCUT2D eigenvalue weighted by atomic mass is 127. The molecule has 1 aromatic heterocycles. The number of ether oxygens (including phenoxy) is 1. The van der Waals surface area contributed by atoms with Crippen molar-refractivity contribution in [3.8, 4) is 5.75 Å². The number of aromatic nitrogens is 1. The average Bonchev–Trinajstić information content (AvgIpc) is 3.00. The van der Waals surface area contributed by atoms with Gasteiger partial charge in [0.05, 0.1) is 12.7 Å². The topological polar surface area (TPSA) is 61.8 Å². The molecule has 6 nitrogen and oxygen atoms in total. The molecule has 2 unspecified atom stereocenters. The third kappa shape index (κ3) is 6.80. The number of fused-ring (bicyclic) bond motifs is 2. The summed E-state index contributed by atoms with van der Waals surface area (Å²) in [5.74, 6) is 1.68. The molecular weight excluding hydrogens is 501 g/mol. The molecule has 168 valence electrons. The summed E-state index contributed by atoms with van der Waals surface area (Å²) in [5, 5.41) is 7.07. The lowest BCUT2D eigenvalue weighted by atomic mass is 9.96. The molecule has 2 aliphatic heterocycles. The van der Waals surface area contributed by atoms with Crippen LogP contribution < -0.4 is 15.4 Å². The largest absolute Gasteiger partial charge is 0.490 e. The zero-order valence-corrected chi connectivity index (χ0v) is 20.6. The van der Waals surface area contributed by atoms with Crippen molar-refractivity contribution in [3.63, 3.8) is 0 Å². The number of benzene rings is 1. The summed E-state index contributed by atoms with van der Waals surface area (Å²) in [6, 6.07) is 16.5. The number of hydrogen-bond donors (Lipinski definition) is 2. The van der Waals surface area contributed by atoms with Crippen LogP contribution in [0.15, 0.2) is 59.9 Å². The predicted octanol–water partition coefficient (Wildman–Crippen LogP) is 3.83. The van der Waals surface area contributed by atoms with E-state index in [0.717, 1.165) is 24.8 Å². The summed E-state index contributed by atoms with van der Waals surface area (Å²) in [6.07, 6.45) is 8.45. The zero-order valence-electron chi connectivity index (χ0n) is 18.2. The number of guanidine groups is 1. The summed E-state index contributed by atoms with van der Waals surface area (Å²) in [7, 11) is 0. The van der Waals surface area contributed by atoms with Gasteiger partial charge in [-0.05, 0) is 50.3 Å². The lowest BCUT2D eigenvalue weighted by Gasteiger charge is -2.39. The van der Waals surface area contributed by atoms with E-state index in [4.69, 9.17) is 9.73 Å². The van der Waals surface area contributed by atoms with E-state index in [9.17, 15) is 0 Å². The Kier molecular flexibility index (Phi) is 9.39. The van der Waals surface area contributed by atoms with Crippen LogP contribution in [-0.2, 0) is 6.54 Å². The zero-order chi connectivity index (χ0) is 20.6. The summed E-state index contributed by atoms with van der Waals surface area (Å²) < 4.78 is 5.71. The minimum absolute atomic E-state index is 0. The molecule has 31 heavy (non-hydrogen) atoms. The van der Waals surface area contributed by atoms with Gasteiger partial charge in [-0.1, -0.05) is 30.3 Å². The second kappa shape index (κ2) is 12.2. The number of piperidine rings is 1. The monoisotopic (exact) mass is 535 g/mol. The maximum atomic E-state index is 5.71.